The Morgan fingerprint density at radius 2 is 1.75 bits per heavy atom. The quantitative estimate of drug-likeness (QED) is 0.879. The van der Waals surface area contributed by atoms with Crippen LogP contribution in [0.3, 0.4) is 0 Å². The van der Waals surface area contributed by atoms with Crippen LogP contribution in [0.2, 0.25) is 0 Å². The van der Waals surface area contributed by atoms with Gasteiger partial charge in [-0.05, 0) is 36.2 Å². The third-order valence-corrected chi connectivity index (χ3v) is 3.66. The van der Waals surface area contributed by atoms with Gasteiger partial charge in [0.2, 0.25) is 0 Å². The zero-order chi connectivity index (χ0) is 17.7. The van der Waals surface area contributed by atoms with Gasteiger partial charge in [-0.2, -0.15) is 13.2 Å². The molecule has 0 aliphatic rings. The fourth-order valence-corrected chi connectivity index (χ4v) is 2.26. The lowest BCUT2D eigenvalue weighted by Gasteiger charge is -2.23. The van der Waals surface area contributed by atoms with Crippen molar-refractivity contribution in [2.75, 3.05) is 0 Å². The molecule has 0 fully saturated rings. The van der Waals surface area contributed by atoms with Crippen LogP contribution >= 0.6 is 0 Å². The third kappa shape index (κ3) is 4.32. The predicted octanol–water partition coefficient (Wildman–Crippen LogP) is 3.34. The maximum absolute atomic E-state index is 12.6. The van der Waals surface area contributed by atoms with E-state index in [1.54, 1.807) is 6.92 Å². The van der Waals surface area contributed by atoms with Gasteiger partial charge in [0, 0.05) is 18.0 Å². The van der Waals surface area contributed by atoms with Crippen LogP contribution in [0.4, 0.5) is 13.2 Å². The van der Waals surface area contributed by atoms with Gasteiger partial charge in [-0.3, -0.25) is 9.78 Å². The van der Waals surface area contributed by atoms with E-state index in [0.29, 0.717) is 17.5 Å². The summed E-state index contributed by atoms with van der Waals surface area (Å²) in [5, 5.41) is 13.0. The molecule has 0 spiro atoms. The number of alkyl halides is 3. The van der Waals surface area contributed by atoms with Gasteiger partial charge in [0.1, 0.15) is 0 Å². The number of nitrogens with zero attached hydrogens (tertiary/aromatic N) is 1. The fourth-order valence-electron chi connectivity index (χ4n) is 2.26. The summed E-state index contributed by atoms with van der Waals surface area (Å²) in [6, 6.07) is 6.71. The summed E-state index contributed by atoms with van der Waals surface area (Å²) in [4.78, 5) is 16.0. The lowest BCUT2D eigenvalue weighted by atomic mass is 9.98. The van der Waals surface area contributed by atoms with Gasteiger partial charge in [0.25, 0.3) is 5.91 Å². The van der Waals surface area contributed by atoms with Crippen LogP contribution in [0.5, 0.6) is 0 Å². The number of nitrogens with one attached hydrogen (secondary N) is 1. The van der Waals surface area contributed by atoms with Crippen molar-refractivity contribution < 1.29 is 23.1 Å². The summed E-state index contributed by atoms with van der Waals surface area (Å²) in [7, 11) is 0. The van der Waals surface area contributed by atoms with Crippen LogP contribution in [0, 0.1) is 0 Å². The second-order valence-corrected chi connectivity index (χ2v) is 5.29. The van der Waals surface area contributed by atoms with Crippen molar-refractivity contribution in [3.05, 3.63) is 65.5 Å². The molecule has 2 N–H and O–H groups in total. The van der Waals surface area contributed by atoms with Gasteiger partial charge in [-0.25, -0.2) is 0 Å². The highest BCUT2D eigenvalue weighted by atomic mass is 19.4. The molecular formula is C17H17F3N2O2. The number of halogens is 3. The van der Waals surface area contributed by atoms with E-state index >= 15 is 0 Å². The summed E-state index contributed by atoms with van der Waals surface area (Å²) in [5.74, 6) is -0.379. The number of aliphatic hydroxyl groups excluding tert-OH is 1. The molecule has 0 aliphatic carbocycles. The van der Waals surface area contributed by atoms with E-state index < -0.39 is 23.9 Å². The molecule has 4 nitrogen and oxygen atoms in total. The van der Waals surface area contributed by atoms with Crippen molar-refractivity contribution in [1.29, 1.82) is 0 Å². The Morgan fingerprint density at radius 3 is 2.25 bits per heavy atom. The first-order valence-electron chi connectivity index (χ1n) is 7.39. The van der Waals surface area contributed by atoms with Crippen LogP contribution in [-0.2, 0) is 6.18 Å². The number of hydrogen-bond acceptors (Lipinski definition) is 3. The Labute approximate surface area is 137 Å². The predicted molar refractivity (Wildman–Crippen MR) is 82.2 cm³/mol. The Balaban J connectivity index is 2.11. The molecule has 1 amide bonds. The summed E-state index contributed by atoms with van der Waals surface area (Å²) < 4.78 is 37.7. The highest BCUT2D eigenvalue weighted by molar-refractivity contribution is 5.94. The highest BCUT2D eigenvalue weighted by Gasteiger charge is 2.30. The second kappa shape index (κ2) is 7.44. The molecule has 1 aromatic heterocycles. The lowest BCUT2D eigenvalue weighted by Crippen LogP contribution is -2.38. The first kappa shape index (κ1) is 17.9. The van der Waals surface area contributed by atoms with Gasteiger partial charge >= 0.3 is 6.18 Å². The molecule has 0 unspecified atom stereocenters. The van der Waals surface area contributed by atoms with E-state index in [-0.39, 0.29) is 5.91 Å². The molecule has 2 rings (SSSR count). The molecule has 7 heteroatoms. The maximum atomic E-state index is 12.6. The van der Waals surface area contributed by atoms with Gasteiger partial charge in [-0.15, -0.1) is 0 Å². The SMILES string of the molecule is CC[C@H](NC(=O)c1ccncc1)[C@@H](O)c1ccc(C(F)(F)F)cc1. The molecular weight excluding hydrogens is 321 g/mol. The minimum atomic E-state index is -4.43. The molecule has 128 valence electrons. The van der Waals surface area contributed by atoms with Crippen molar-refractivity contribution in [2.45, 2.75) is 31.7 Å². The Hall–Kier alpha value is -2.41. The molecule has 24 heavy (non-hydrogen) atoms. The Bertz CT molecular complexity index is 672. The van der Waals surface area contributed by atoms with Crippen molar-refractivity contribution in [1.82, 2.24) is 10.3 Å². The van der Waals surface area contributed by atoms with E-state index in [4.69, 9.17) is 0 Å². The Kier molecular flexibility index (Phi) is 5.56. The summed E-state index contributed by atoms with van der Waals surface area (Å²) in [6.45, 7) is 1.77. The first-order chi connectivity index (χ1) is 11.3. The van der Waals surface area contributed by atoms with Crippen LogP contribution in [0.1, 0.15) is 40.9 Å². The van der Waals surface area contributed by atoms with E-state index in [1.807, 2.05) is 0 Å². The van der Waals surface area contributed by atoms with Crippen LogP contribution in [-0.4, -0.2) is 22.0 Å². The number of benzene rings is 1. The van der Waals surface area contributed by atoms with E-state index in [1.165, 1.54) is 36.7 Å². The maximum Gasteiger partial charge on any atom is 0.416 e. The molecule has 2 aromatic rings. The number of pyridine rings is 1. The van der Waals surface area contributed by atoms with Crippen LogP contribution in [0.15, 0.2) is 48.8 Å². The average molecular weight is 338 g/mol. The Morgan fingerprint density at radius 1 is 1.17 bits per heavy atom. The zero-order valence-corrected chi connectivity index (χ0v) is 12.9. The topological polar surface area (TPSA) is 62.2 Å². The second-order valence-electron chi connectivity index (χ2n) is 5.29. The van der Waals surface area contributed by atoms with Crippen LogP contribution < -0.4 is 5.32 Å². The van der Waals surface area contributed by atoms with E-state index in [0.717, 1.165) is 12.1 Å². The molecule has 0 aliphatic heterocycles. The number of carbonyl (C=O) groups is 1. The van der Waals surface area contributed by atoms with Gasteiger partial charge in [0.05, 0.1) is 17.7 Å². The smallest absolute Gasteiger partial charge is 0.386 e. The number of carbonyl (C=O) groups excluding carboxylic acids is 1. The number of aromatic nitrogens is 1. The van der Waals surface area contributed by atoms with Gasteiger partial charge < -0.3 is 10.4 Å². The normalized spacial score (nSPS) is 14.0. The third-order valence-electron chi connectivity index (χ3n) is 3.66. The molecule has 1 aromatic carbocycles. The van der Waals surface area contributed by atoms with Crippen molar-refractivity contribution in [3.8, 4) is 0 Å². The average Bonchev–Trinajstić information content (AvgIpc) is 2.59. The number of amides is 1. The lowest BCUT2D eigenvalue weighted by molar-refractivity contribution is -0.137. The van der Waals surface area contributed by atoms with E-state index in [9.17, 15) is 23.1 Å². The highest BCUT2D eigenvalue weighted by Crippen LogP contribution is 2.30. The van der Waals surface area contributed by atoms with Crippen LogP contribution in [0.25, 0.3) is 0 Å². The molecule has 1 heterocycles. The largest absolute Gasteiger partial charge is 0.416 e. The summed E-state index contributed by atoms with van der Waals surface area (Å²) in [6.07, 6.45) is -2.17. The molecule has 2 atom stereocenters. The molecule has 0 radical (unpaired) electrons. The van der Waals surface area contributed by atoms with E-state index in [2.05, 4.69) is 10.3 Å². The summed E-state index contributed by atoms with van der Waals surface area (Å²) >= 11 is 0. The summed E-state index contributed by atoms with van der Waals surface area (Å²) in [5.41, 5.74) is -0.0831. The minimum Gasteiger partial charge on any atom is -0.386 e. The molecule has 0 saturated carbocycles. The standard InChI is InChI=1S/C17H17F3N2O2/c1-2-14(22-16(24)12-7-9-21-10-8-12)15(23)11-3-5-13(6-4-11)17(18,19)20/h3-10,14-15,23H,2H2,1H3,(H,22,24)/t14-,15-/m0/s1. The number of aliphatic hydroxyl groups is 1. The molecule has 0 saturated heterocycles. The van der Waals surface area contributed by atoms with Crippen molar-refractivity contribution >= 4 is 5.91 Å². The van der Waals surface area contributed by atoms with Gasteiger partial charge in [0.15, 0.2) is 0 Å². The zero-order valence-electron chi connectivity index (χ0n) is 12.9. The molecule has 0 bridgehead atoms. The minimum absolute atomic E-state index is 0.310. The fraction of sp³-hybridized carbons (Fsp3) is 0.294. The monoisotopic (exact) mass is 338 g/mol. The van der Waals surface area contributed by atoms with Gasteiger partial charge in [-0.1, -0.05) is 19.1 Å². The number of hydrogen-bond donors (Lipinski definition) is 2. The van der Waals surface area contributed by atoms with Crippen molar-refractivity contribution in [3.63, 3.8) is 0 Å². The first-order valence-corrected chi connectivity index (χ1v) is 7.39. The number of rotatable bonds is 5. The van der Waals surface area contributed by atoms with Crippen molar-refractivity contribution in [2.24, 2.45) is 0 Å².